The summed E-state index contributed by atoms with van der Waals surface area (Å²) in [6.45, 7) is 5.98. The molecule has 1 heterocycles. The van der Waals surface area contributed by atoms with Crippen LogP contribution in [-0.2, 0) is 12.8 Å². The molecule has 0 amide bonds. The van der Waals surface area contributed by atoms with Crippen molar-refractivity contribution >= 4 is 0 Å². The van der Waals surface area contributed by atoms with Crippen LogP contribution in [-0.4, -0.2) is 16.8 Å². The Bertz CT molecular complexity index is 369. The minimum absolute atomic E-state index is 0.419. The Kier molecular flexibility index (Phi) is 2.47. The van der Waals surface area contributed by atoms with E-state index in [9.17, 15) is 5.11 Å². The van der Waals surface area contributed by atoms with E-state index in [0.29, 0.717) is 6.42 Å². The Hall–Kier alpha value is -1.02. The van der Waals surface area contributed by atoms with Crippen molar-refractivity contribution in [2.24, 2.45) is 0 Å². The van der Waals surface area contributed by atoms with Crippen LogP contribution < -0.4 is 4.74 Å². The van der Waals surface area contributed by atoms with Crippen LogP contribution >= 0.6 is 0 Å². The van der Waals surface area contributed by atoms with Gasteiger partial charge in [0.05, 0.1) is 6.10 Å². The average Bonchev–Trinajstić information content (AvgIpc) is 2.19. The SMILES string of the molecule is CCc1ccc2c(c1)CC(O)C(C)(C)O2. The van der Waals surface area contributed by atoms with Crippen molar-refractivity contribution < 1.29 is 9.84 Å². The molecule has 2 rings (SSSR count). The topological polar surface area (TPSA) is 29.5 Å². The second-order valence-electron chi connectivity index (χ2n) is 4.72. The first-order chi connectivity index (χ1) is 7.03. The molecule has 1 N–H and O–H groups in total. The number of hydrogen-bond acceptors (Lipinski definition) is 2. The molecule has 1 aromatic rings. The summed E-state index contributed by atoms with van der Waals surface area (Å²) < 4.78 is 5.78. The molecule has 15 heavy (non-hydrogen) atoms. The molecule has 2 nitrogen and oxygen atoms in total. The summed E-state index contributed by atoms with van der Waals surface area (Å²) in [6, 6.07) is 6.24. The largest absolute Gasteiger partial charge is 0.485 e. The predicted octanol–water partition coefficient (Wildman–Crippen LogP) is 2.32. The summed E-state index contributed by atoms with van der Waals surface area (Å²) in [5.74, 6) is 0.919. The van der Waals surface area contributed by atoms with Crippen LogP contribution in [0.4, 0.5) is 0 Å². The van der Waals surface area contributed by atoms with Crippen LogP contribution in [0.5, 0.6) is 5.75 Å². The average molecular weight is 206 g/mol. The molecule has 0 bridgehead atoms. The first kappa shape index (κ1) is 10.5. The lowest BCUT2D eigenvalue weighted by Gasteiger charge is -2.37. The van der Waals surface area contributed by atoms with Gasteiger partial charge in [0.2, 0.25) is 0 Å². The van der Waals surface area contributed by atoms with Gasteiger partial charge in [-0.1, -0.05) is 19.1 Å². The summed E-state index contributed by atoms with van der Waals surface area (Å²) in [5, 5.41) is 9.92. The molecule has 2 heteroatoms. The molecule has 1 aromatic carbocycles. The van der Waals surface area contributed by atoms with Gasteiger partial charge in [-0.15, -0.1) is 0 Å². The fourth-order valence-electron chi connectivity index (χ4n) is 1.92. The number of benzene rings is 1. The van der Waals surface area contributed by atoms with Crippen molar-refractivity contribution in [1.29, 1.82) is 0 Å². The maximum atomic E-state index is 9.92. The number of aliphatic hydroxyl groups excluding tert-OH is 1. The third kappa shape index (κ3) is 1.86. The second-order valence-corrected chi connectivity index (χ2v) is 4.72. The van der Waals surface area contributed by atoms with Crippen molar-refractivity contribution in [2.75, 3.05) is 0 Å². The molecular formula is C13H18O2. The minimum atomic E-state index is -0.471. The van der Waals surface area contributed by atoms with Gasteiger partial charge in [-0.05, 0) is 37.5 Å². The van der Waals surface area contributed by atoms with Crippen LogP contribution in [0, 0.1) is 0 Å². The number of fused-ring (bicyclic) bond motifs is 1. The highest BCUT2D eigenvalue weighted by atomic mass is 16.5. The lowest BCUT2D eigenvalue weighted by molar-refractivity contribution is -0.0411. The van der Waals surface area contributed by atoms with Crippen LogP contribution in [0.1, 0.15) is 31.9 Å². The number of hydrogen-bond donors (Lipinski definition) is 1. The quantitative estimate of drug-likeness (QED) is 0.764. The number of rotatable bonds is 1. The van der Waals surface area contributed by atoms with Crippen molar-refractivity contribution in [1.82, 2.24) is 0 Å². The molecule has 1 aliphatic heterocycles. The lowest BCUT2D eigenvalue weighted by atomic mass is 9.90. The van der Waals surface area contributed by atoms with E-state index in [1.165, 1.54) is 5.56 Å². The van der Waals surface area contributed by atoms with Gasteiger partial charge in [0.25, 0.3) is 0 Å². The van der Waals surface area contributed by atoms with Crippen molar-refractivity contribution in [3.05, 3.63) is 29.3 Å². The van der Waals surface area contributed by atoms with E-state index in [2.05, 4.69) is 19.1 Å². The minimum Gasteiger partial charge on any atom is -0.485 e. The summed E-state index contributed by atoms with van der Waals surface area (Å²) >= 11 is 0. The lowest BCUT2D eigenvalue weighted by Crippen LogP contribution is -2.46. The Morgan fingerprint density at radius 1 is 1.47 bits per heavy atom. The summed E-state index contributed by atoms with van der Waals surface area (Å²) in [6.07, 6.45) is 1.29. The van der Waals surface area contributed by atoms with Crippen molar-refractivity contribution in [2.45, 2.75) is 45.3 Å². The molecule has 0 saturated heterocycles. The third-order valence-corrected chi connectivity index (χ3v) is 3.12. The van der Waals surface area contributed by atoms with Gasteiger partial charge in [-0.25, -0.2) is 0 Å². The first-order valence-corrected chi connectivity index (χ1v) is 5.52. The normalized spacial score (nSPS) is 23.1. The van der Waals surface area contributed by atoms with Gasteiger partial charge >= 0.3 is 0 Å². The Morgan fingerprint density at radius 3 is 2.87 bits per heavy atom. The molecule has 0 fully saturated rings. The number of aliphatic hydroxyl groups is 1. The molecule has 1 atom stereocenters. The molecular weight excluding hydrogens is 188 g/mol. The second kappa shape index (κ2) is 3.53. The molecule has 0 spiro atoms. The maximum Gasteiger partial charge on any atom is 0.129 e. The van der Waals surface area contributed by atoms with Crippen LogP contribution in [0.15, 0.2) is 18.2 Å². The van der Waals surface area contributed by atoms with Gasteiger partial charge in [0, 0.05) is 6.42 Å². The first-order valence-electron chi connectivity index (χ1n) is 5.52. The van der Waals surface area contributed by atoms with E-state index in [1.54, 1.807) is 0 Å². The standard InChI is InChI=1S/C13H18O2/c1-4-9-5-6-11-10(7-9)8-12(14)13(2,3)15-11/h5-7,12,14H,4,8H2,1-3H3. The molecule has 82 valence electrons. The maximum absolute atomic E-state index is 9.92. The fourth-order valence-corrected chi connectivity index (χ4v) is 1.92. The van der Waals surface area contributed by atoms with Gasteiger partial charge < -0.3 is 9.84 Å². The zero-order chi connectivity index (χ0) is 11.1. The molecule has 0 aromatic heterocycles. The van der Waals surface area contributed by atoms with Crippen LogP contribution in [0.3, 0.4) is 0 Å². The molecule has 1 aliphatic rings. The predicted molar refractivity (Wildman–Crippen MR) is 60.2 cm³/mol. The molecule has 0 saturated carbocycles. The van der Waals surface area contributed by atoms with E-state index in [4.69, 9.17) is 4.74 Å². The highest BCUT2D eigenvalue weighted by molar-refractivity contribution is 5.40. The zero-order valence-corrected chi connectivity index (χ0v) is 9.58. The smallest absolute Gasteiger partial charge is 0.129 e. The summed E-state index contributed by atoms with van der Waals surface area (Å²) in [7, 11) is 0. The van der Waals surface area contributed by atoms with Gasteiger partial charge in [0.1, 0.15) is 11.4 Å². The van der Waals surface area contributed by atoms with E-state index in [1.807, 2.05) is 19.9 Å². The number of ether oxygens (including phenoxy) is 1. The highest BCUT2D eigenvalue weighted by Crippen LogP contribution is 2.33. The van der Waals surface area contributed by atoms with E-state index in [-0.39, 0.29) is 0 Å². The molecule has 1 unspecified atom stereocenters. The van der Waals surface area contributed by atoms with E-state index in [0.717, 1.165) is 17.7 Å². The Balaban J connectivity index is 2.37. The van der Waals surface area contributed by atoms with Gasteiger partial charge in [0.15, 0.2) is 0 Å². The Morgan fingerprint density at radius 2 is 2.20 bits per heavy atom. The van der Waals surface area contributed by atoms with Gasteiger partial charge in [-0.2, -0.15) is 0 Å². The number of aryl methyl sites for hydroxylation is 1. The van der Waals surface area contributed by atoms with Crippen molar-refractivity contribution in [3.63, 3.8) is 0 Å². The zero-order valence-electron chi connectivity index (χ0n) is 9.58. The fraction of sp³-hybridized carbons (Fsp3) is 0.538. The van der Waals surface area contributed by atoms with Crippen LogP contribution in [0.25, 0.3) is 0 Å². The Labute approximate surface area is 90.9 Å². The van der Waals surface area contributed by atoms with Gasteiger partial charge in [-0.3, -0.25) is 0 Å². The third-order valence-electron chi connectivity index (χ3n) is 3.12. The van der Waals surface area contributed by atoms with E-state index < -0.39 is 11.7 Å². The van der Waals surface area contributed by atoms with Crippen molar-refractivity contribution in [3.8, 4) is 5.75 Å². The summed E-state index contributed by atoms with van der Waals surface area (Å²) in [4.78, 5) is 0. The molecule has 0 aliphatic carbocycles. The van der Waals surface area contributed by atoms with Crippen LogP contribution in [0.2, 0.25) is 0 Å². The van der Waals surface area contributed by atoms with E-state index >= 15 is 0 Å². The highest BCUT2D eigenvalue weighted by Gasteiger charge is 2.35. The monoisotopic (exact) mass is 206 g/mol. The summed E-state index contributed by atoms with van der Waals surface area (Å²) in [5.41, 5.74) is 1.95. The molecule has 0 radical (unpaired) electrons.